The zero-order valence-corrected chi connectivity index (χ0v) is 20.0. The number of benzene rings is 2. The molecule has 0 aliphatic carbocycles. The van der Waals surface area contributed by atoms with Crippen LogP contribution in [0.1, 0.15) is 5.56 Å². The monoisotopic (exact) mass is 481 g/mol. The van der Waals surface area contributed by atoms with Crippen molar-refractivity contribution >= 4 is 28.6 Å². The van der Waals surface area contributed by atoms with Crippen molar-refractivity contribution in [3.05, 3.63) is 78.6 Å². The van der Waals surface area contributed by atoms with E-state index in [0.717, 1.165) is 51.4 Å². The van der Waals surface area contributed by atoms with Crippen molar-refractivity contribution in [2.45, 2.75) is 17.1 Å². The Labute approximate surface area is 207 Å². The van der Waals surface area contributed by atoms with Gasteiger partial charge in [-0.25, -0.2) is 9.97 Å². The zero-order valence-electron chi connectivity index (χ0n) is 19.2. The van der Waals surface area contributed by atoms with Crippen LogP contribution < -0.4 is 4.90 Å². The van der Waals surface area contributed by atoms with E-state index in [9.17, 15) is 0 Å². The van der Waals surface area contributed by atoms with Crippen LogP contribution in [0.5, 0.6) is 0 Å². The van der Waals surface area contributed by atoms with Crippen LogP contribution >= 0.6 is 11.8 Å². The van der Waals surface area contributed by atoms with Gasteiger partial charge in [-0.05, 0) is 49.0 Å². The summed E-state index contributed by atoms with van der Waals surface area (Å²) < 4.78 is 7.67. The molecule has 0 bridgehead atoms. The lowest BCUT2D eigenvalue weighted by molar-refractivity contribution is 0.122. The van der Waals surface area contributed by atoms with E-state index in [4.69, 9.17) is 14.7 Å². The second-order valence-electron chi connectivity index (χ2n) is 8.27. The topological polar surface area (TPSA) is 81.8 Å². The number of para-hydroxylation sites is 1. The number of morpholine rings is 1. The summed E-state index contributed by atoms with van der Waals surface area (Å²) >= 11 is 1.50. The number of pyridine rings is 1. The molecule has 0 amide bonds. The van der Waals surface area contributed by atoms with Crippen LogP contribution in [0.2, 0.25) is 0 Å². The SMILES string of the molecule is Cc1ccc(-n2c(Sc3nc(-c4cccnc4)nc4ccccc34)nnc2N2CCOCC2)cc1. The fourth-order valence-corrected chi connectivity index (χ4v) is 5.00. The van der Waals surface area contributed by atoms with Gasteiger partial charge in [-0.15, -0.1) is 10.2 Å². The molecule has 0 atom stereocenters. The molecule has 174 valence electrons. The maximum atomic E-state index is 5.56. The van der Waals surface area contributed by atoms with Gasteiger partial charge in [0.15, 0.2) is 5.82 Å². The van der Waals surface area contributed by atoms with Gasteiger partial charge in [0.25, 0.3) is 0 Å². The lowest BCUT2D eigenvalue weighted by Gasteiger charge is -2.28. The summed E-state index contributed by atoms with van der Waals surface area (Å²) in [5.41, 5.74) is 3.95. The molecule has 0 saturated carbocycles. The Kier molecular flexibility index (Phi) is 5.85. The number of ether oxygens (including phenoxy) is 1. The Morgan fingerprint density at radius 3 is 2.51 bits per heavy atom. The Bertz CT molecular complexity index is 1460. The molecular weight excluding hydrogens is 458 g/mol. The van der Waals surface area contributed by atoms with Crippen LogP contribution in [0, 0.1) is 6.92 Å². The van der Waals surface area contributed by atoms with E-state index in [0.29, 0.717) is 19.0 Å². The standard InChI is InChI=1S/C26H23N7OS/c1-18-8-10-20(11-9-18)33-25(32-13-15-34-16-14-32)30-31-26(33)35-24-21-6-2-3-7-22(21)28-23(29-24)19-5-4-12-27-17-19/h2-12,17H,13-16H2,1H3. The van der Waals surface area contributed by atoms with Crippen LogP contribution in [-0.4, -0.2) is 56.0 Å². The van der Waals surface area contributed by atoms with E-state index < -0.39 is 0 Å². The average molecular weight is 482 g/mol. The highest BCUT2D eigenvalue weighted by Gasteiger charge is 2.23. The molecule has 35 heavy (non-hydrogen) atoms. The summed E-state index contributed by atoms with van der Waals surface area (Å²) in [5.74, 6) is 1.44. The Balaban J connectivity index is 1.48. The predicted molar refractivity (Wildman–Crippen MR) is 136 cm³/mol. The minimum Gasteiger partial charge on any atom is -0.378 e. The summed E-state index contributed by atoms with van der Waals surface area (Å²) in [6.07, 6.45) is 3.53. The smallest absolute Gasteiger partial charge is 0.232 e. The first-order valence-electron chi connectivity index (χ1n) is 11.5. The van der Waals surface area contributed by atoms with Crippen molar-refractivity contribution < 1.29 is 4.74 Å². The van der Waals surface area contributed by atoms with Gasteiger partial charge in [0, 0.05) is 36.4 Å². The van der Waals surface area contributed by atoms with Crippen LogP contribution in [0.15, 0.2) is 83.2 Å². The number of fused-ring (bicyclic) bond motifs is 1. The van der Waals surface area contributed by atoms with E-state index in [2.05, 4.69) is 55.8 Å². The molecule has 6 rings (SSSR count). The van der Waals surface area contributed by atoms with Crippen molar-refractivity contribution in [3.8, 4) is 17.1 Å². The van der Waals surface area contributed by atoms with Gasteiger partial charge >= 0.3 is 0 Å². The first kappa shape index (κ1) is 21.7. The number of nitrogens with zero attached hydrogens (tertiary/aromatic N) is 7. The van der Waals surface area contributed by atoms with Gasteiger partial charge in [0.2, 0.25) is 11.1 Å². The molecule has 1 saturated heterocycles. The van der Waals surface area contributed by atoms with Crippen LogP contribution in [-0.2, 0) is 4.74 Å². The van der Waals surface area contributed by atoms with Crippen molar-refractivity contribution in [3.63, 3.8) is 0 Å². The van der Waals surface area contributed by atoms with E-state index in [1.807, 2.05) is 36.4 Å². The second kappa shape index (κ2) is 9.44. The normalized spacial score (nSPS) is 13.9. The molecule has 4 heterocycles. The summed E-state index contributed by atoms with van der Waals surface area (Å²) in [4.78, 5) is 16.2. The molecule has 9 heteroatoms. The molecular formula is C26H23N7OS. The van der Waals surface area contributed by atoms with Crippen LogP contribution in [0.4, 0.5) is 5.95 Å². The summed E-state index contributed by atoms with van der Waals surface area (Å²) in [6, 6.07) is 20.3. The molecule has 5 aromatic rings. The quantitative estimate of drug-likeness (QED) is 0.338. The number of hydrogen-bond donors (Lipinski definition) is 0. The third-order valence-corrected chi connectivity index (χ3v) is 6.83. The summed E-state index contributed by atoms with van der Waals surface area (Å²) in [5, 5.41) is 11.8. The van der Waals surface area contributed by atoms with Gasteiger partial charge in [0.05, 0.1) is 24.4 Å². The molecule has 0 radical (unpaired) electrons. The predicted octanol–water partition coefficient (Wildman–Crippen LogP) is 4.57. The van der Waals surface area contributed by atoms with E-state index >= 15 is 0 Å². The van der Waals surface area contributed by atoms with Crippen LogP contribution in [0.25, 0.3) is 28.0 Å². The van der Waals surface area contributed by atoms with Gasteiger partial charge in [-0.3, -0.25) is 9.55 Å². The molecule has 3 aromatic heterocycles. The second-order valence-corrected chi connectivity index (χ2v) is 9.22. The molecule has 0 unspecified atom stereocenters. The largest absolute Gasteiger partial charge is 0.378 e. The number of aryl methyl sites for hydroxylation is 1. The maximum Gasteiger partial charge on any atom is 0.232 e. The summed E-state index contributed by atoms with van der Waals surface area (Å²) in [6.45, 7) is 4.98. The van der Waals surface area contributed by atoms with Gasteiger partial charge < -0.3 is 9.64 Å². The fraction of sp³-hybridized carbons (Fsp3) is 0.192. The zero-order chi connectivity index (χ0) is 23.6. The van der Waals surface area contributed by atoms with E-state index in [1.54, 1.807) is 12.4 Å². The minimum atomic E-state index is 0.633. The molecule has 1 aliphatic rings. The molecule has 1 fully saturated rings. The lowest BCUT2D eigenvalue weighted by Crippen LogP contribution is -2.37. The highest BCUT2D eigenvalue weighted by Crippen LogP contribution is 2.35. The Hall–Kier alpha value is -3.82. The molecule has 0 spiro atoms. The highest BCUT2D eigenvalue weighted by molar-refractivity contribution is 7.99. The number of hydrogen-bond acceptors (Lipinski definition) is 8. The maximum absolute atomic E-state index is 5.56. The first-order chi connectivity index (χ1) is 17.3. The third-order valence-electron chi connectivity index (χ3n) is 5.88. The van der Waals surface area contributed by atoms with Gasteiger partial charge in [-0.2, -0.15) is 0 Å². The number of anilines is 1. The Morgan fingerprint density at radius 1 is 0.886 bits per heavy atom. The molecule has 8 nitrogen and oxygen atoms in total. The minimum absolute atomic E-state index is 0.633. The summed E-state index contributed by atoms with van der Waals surface area (Å²) in [7, 11) is 0. The van der Waals surface area contributed by atoms with Gasteiger partial charge in [0.1, 0.15) is 5.03 Å². The third kappa shape index (κ3) is 4.36. The van der Waals surface area contributed by atoms with Crippen molar-refractivity contribution in [1.29, 1.82) is 0 Å². The molecule has 2 aromatic carbocycles. The molecule has 0 N–H and O–H groups in total. The first-order valence-corrected chi connectivity index (χ1v) is 12.3. The Morgan fingerprint density at radius 2 is 1.71 bits per heavy atom. The van der Waals surface area contributed by atoms with Crippen molar-refractivity contribution in [1.82, 2.24) is 29.7 Å². The molecule has 1 aliphatic heterocycles. The van der Waals surface area contributed by atoms with E-state index in [-0.39, 0.29) is 0 Å². The van der Waals surface area contributed by atoms with E-state index in [1.165, 1.54) is 17.3 Å². The van der Waals surface area contributed by atoms with Gasteiger partial charge in [-0.1, -0.05) is 35.9 Å². The van der Waals surface area contributed by atoms with Crippen LogP contribution in [0.3, 0.4) is 0 Å². The highest BCUT2D eigenvalue weighted by atomic mass is 32.2. The number of rotatable bonds is 5. The lowest BCUT2D eigenvalue weighted by atomic mass is 10.2. The van der Waals surface area contributed by atoms with Crippen molar-refractivity contribution in [2.75, 3.05) is 31.2 Å². The average Bonchev–Trinajstić information content (AvgIpc) is 3.33. The number of aromatic nitrogens is 6. The van der Waals surface area contributed by atoms with Crippen molar-refractivity contribution in [2.24, 2.45) is 0 Å². The fourth-order valence-electron chi connectivity index (χ4n) is 4.05.